The highest BCUT2D eigenvalue weighted by Crippen LogP contribution is 2.28. The third-order valence-electron chi connectivity index (χ3n) is 4.75. The summed E-state index contributed by atoms with van der Waals surface area (Å²) in [5.41, 5.74) is 5.31. The molecule has 3 heterocycles. The van der Waals surface area contributed by atoms with E-state index in [9.17, 15) is 0 Å². The molecule has 0 saturated carbocycles. The Morgan fingerprint density at radius 1 is 1.22 bits per heavy atom. The maximum Gasteiger partial charge on any atom is 0.122 e. The zero-order valence-corrected chi connectivity index (χ0v) is 13.5. The van der Waals surface area contributed by atoms with Gasteiger partial charge in [0.1, 0.15) is 17.2 Å². The Morgan fingerprint density at radius 3 is 2.78 bits per heavy atom. The molecular weight excluding hydrogens is 290 g/mol. The first-order chi connectivity index (χ1) is 11.2. The van der Waals surface area contributed by atoms with Gasteiger partial charge in [0.2, 0.25) is 0 Å². The van der Waals surface area contributed by atoms with E-state index in [0.29, 0.717) is 5.92 Å². The van der Waals surface area contributed by atoms with Crippen molar-refractivity contribution in [3.05, 3.63) is 41.0 Å². The molecule has 6 heteroatoms. The van der Waals surface area contributed by atoms with Gasteiger partial charge < -0.3 is 4.98 Å². The number of H-pyrrole nitrogens is 1. The molecule has 4 rings (SSSR count). The Morgan fingerprint density at radius 2 is 2.04 bits per heavy atom. The van der Waals surface area contributed by atoms with Crippen LogP contribution in [0.4, 0.5) is 0 Å². The molecule has 23 heavy (non-hydrogen) atoms. The lowest BCUT2D eigenvalue weighted by atomic mass is 9.96. The van der Waals surface area contributed by atoms with Gasteiger partial charge >= 0.3 is 0 Å². The molecule has 1 fully saturated rings. The van der Waals surface area contributed by atoms with Gasteiger partial charge in [-0.05, 0) is 57.5 Å². The largest absolute Gasteiger partial charge is 0.342 e. The van der Waals surface area contributed by atoms with Gasteiger partial charge in [-0.3, -0.25) is 4.90 Å². The molecule has 1 aliphatic heterocycles. The Labute approximate surface area is 134 Å². The van der Waals surface area contributed by atoms with Crippen molar-refractivity contribution >= 4 is 11.0 Å². The van der Waals surface area contributed by atoms with Crippen LogP contribution in [0.5, 0.6) is 0 Å². The molecule has 1 aliphatic rings. The van der Waals surface area contributed by atoms with E-state index in [-0.39, 0.29) is 0 Å². The topological polar surface area (TPSA) is 70.8 Å². The van der Waals surface area contributed by atoms with Crippen molar-refractivity contribution in [2.24, 2.45) is 0 Å². The second-order valence-electron chi connectivity index (χ2n) is 6.49. The average Bonchev–Trinajstić information content (AvgIpc) is 3.14. The highest BCUT2D eigenvalue weighted by molar-refractivity contribution is 5.75. The smallest absolute Gasteiger partial charge is 0.122 e. The van der Waals surface area contributed by atoms with Crippen molar-refractivity contribution in [1.82, 2.24) is 25.2 Å². The lowest BCUT2D eigenvalue weighted by Gasteiger charge is -2.30. The third kappa shape index (κ3) is 2.86. The maximum atomic E-state index is 4.78. The van der Waals surface area contributed by atoms with Crippen LogP contribution in [0.2, 0.25) is 0 Å². The SMILES string of the molecule is Cc1ccc2nc(C3CCN(Cc4nonc4C)CC3)[nH]c2c1. The summed E-state index contributed by atoms with van der Waals surface area (Å²) in [4.78, 5) is 10.7. The van der Waals surface area contributed by atoms with Gasteiger partial charge in [0, 0.05) is 12.5 Å². The number of benzene rings is 1. The number of rotatable bonds is 3. The van der Waals surface area contributed by atoms with Crippen LogP contribution in [0.1, 0.15) is 41.5 Å². The maximum absolute atomic E-state index is 4.78. The van der Waals surface area contributed by atoms with Crippen molar-refractivity contribution in [1.29, 1.82) is 0 Å². The van der Waals surface area contributed by atoms with Crippen molar-refractivity contribution in [3.63, 3.8) is 0 Å². The van der Waals surface area contributed by atoms with E-state index in [2.05, 4.69) is 45.3 Å². The molecule has 0 spiro atoms. The highest BCUT2D eigenvalue weighted by Gasteiger charge is 2.24. The summed E-state index contributed by atoms with van der Waals surface area (Å²) in [6, 6.07) is 6.38. The molecule has 0 amide bonds. The molecule has 0 bridgehead atoms. The van der Waals surface area contributed by atoms with Gasteiger partial charge in [-0.25, -0.2) is 9.61 Å². The van der Waals surface area contributed by atoms with Gasteiger partial charge in [0.05, 0.1) is 11.0 Å². The van der Waals surface area contributed by atoms with Crippen molar-refractivity contribution in [3.8, 4) is 0 Å². The molecule has 0 unspecified atom stereocenters. The number of fused-ring (bicyclic) bond motifs is 1. The number of aromatic amines is 1. The average molecular weight is 311 g/mol. The lowest BCUT2D eigenvalue weighted by molar-refractivity contribution is 0.195. The van der Waals surface area contributed by atoms with Crippen LogP contribution < -0.4 is 0 Å². The predicted molar refractivity (Wildman–Crippen MR) is 87.1 cm³/mol. The van der Waals surface area contributed by atoms with Gasteiger partial charge in [0.15, 0.2) is 0 Å². The fraction of sp³-hybridized carbons (Fsp3) is 0.471. The molecule has 6 nitrogen and oxygen atoms in total. The van der Waals surface area contributed by atoms with Crippen LogP contribution in [0, 0.1) is 13.8 Å². The minimum absolute atomic E-state index is 0.510. The van der Waals surface area contributed by atoms with E-state index in [1.807, 2.05) is 6.92 Å². The number of hydrogen-bond acceptors (Lipinski definition) is 5. The van der Waals surface area contributed by atoms with Crippen molar-refractivity contribution < 1.29 is 4.63 Å². The number of imidazole rings is 1. The van der Waals surface area contributed by atoms with Crippen LogP contribution in [-0.4, -0.2) is 38.3 Å². The summed E-state index contributed by atoms with van der Waals surface area (Å²) >= 11 is 0. The Bertz CT molecular complexity index is 813. The highest BCUT2D eigenvalue weighted by atomic mass is 16.6. The van der Waals surface area contributed by atoms with E-state index < -0.39 is 0 Å². The standard InChI is InChI=1S/C17H21N5O/c1-11-3-4-14-15(9-11)19-17(18-14)13-5-7-22(8-6-13)10-16-12(2)20-23-21-16/h3-4,9,13H,5-8,10H2,1-2H3,(H,18,19). The van der Waals surface area contributed by atoms with Gasteiger partial charge in [-0.1, -0.05) is 16.4 Å². The normalized spacial score (nSPS) is 17.1. The molecule has 2 aromatic heterocycles. The molecular formula is C17H21N5O. The summed E-state index contributed by atoms with van der Waals surface area (Å²) < 4.78 is 4.78. The predicted octanol–water partition coefficient (Wildman–Crippen LogP) is 2.94. The van der Waals surface area contributed by atoms with Crippen LogP contribution in [0.25, 0.3) is 11.0 Å². The molecule has 0 radical (unpaired) electrons. The number of aromatic nitrogens is 4. The van der Waals surface area contributed by atoms with Gasteiger partial charge in [-0.2, -0.15) is 0 Å². The number of nitrogens with one attached hydrogen (secondary N) is 1. The minimum Gasteiger partial charge on any atom is -0.342 e. The van der Waals surface area contributed by atoms with Gasteiger partial charge in [0.25, 0.3) is 0 Å². The first-order valence-electron chi connectivity index (χ1n) is 8.16. The Kier molecular flexibility index (Phi) is 3.61. The van der Waals surface area contributed by atoms with E-state index in [1.165, 1.54) is 5.56 Å². The zero-order chi connectivity index (χ0) is 15.8. The summed E-state index contributed by atoms with van der Waals surface area (Å²) in [6.45, 7) is 6.97. The van der Waals surface area contributed by atoms with Crippen LogP contribution in [-0.2, 0) is 6.54 Å². The van der Waals surface area contributed by atoms with Crippen LogP contribution in [0.15, 0.2) is 22.8 Å². The third-order valence-corrected chi connectivity index (χ3v) is 4.75. The van der Waals surface area contributed by atoms with Gasteiger partial charge in [-0.15, -0.1) is 0 Å². The van der Waals surface area contributed by atoms with E-state index in [1.54, 1.807) is 0 Å². The van der Waals surface area contributed by atoms with E-state index in [0.717, 1.165) is 60.7 Å². The first-order valence-corrected chi connectivity index (χ1v) is 8.16. The van der Waals surface area contributed by atoms with Crippen LogP contribution >= 0.6 is 0 Å². The number of aryl methyl sites for hydroxylation is 2. The van der Waals surface area contributed by atoms with E-state index >= 15 is 0 Å². The summed E-state index contributed by atoms with van der Waals surface area (Å²) in [6.07, 6.45) is 2.23. The van der Waals surface area contributed by atoms with Crippen molar-refractivity contribution in [2.75, 3.05) is 13.1 Å². The Hall–Kier alpha value is -2.21. The lowest BCUT2D eigenvalue weighted by Crippen LogP contribution is -2.33. The fourth-order valence-corrected chi connectivity index (χ4v) is 3.31. The van der Waals surface area contributed by atoms with E-state index in [4.69, 9.17) is 9.61 Å². The number of hydrogen-bond donors (Lipinski definition) is 1. The molecule has 1 aromatic carbocycles. The molecule has 120 valence electrons. The quantitative estimate of drug-likeness (QED) is 0.805. The van der Waals surface area contributed by atoms with Crippen LogP contribution in [0.3, 0.4) is 0 Å². The molecule has 0 atom stereocenters. The second kappa shape index (κ2) is 5.77. The summed E-state index contributed by atoms with van der Waals surface area (Å²) in [7, 11) is 0. The first kappa shape index (κ1) is 14.4. The molecule has 0 aliphatic carbocycles. The minimum atomic E-state index is 0.510. The summed E-state index contributed by atoms with van der Waals surface area (Å²) in [5.74, 6) is 1.64. The fourth-order valence-electron chi connectivity index (χ4n) is 3.31. The molecule has 1 N–H and O–H groups in total. The zero-order valence-electron chi connectivity index (χ0n) is 13.5. The molecule has 3 aromatic rings. The monoisotopic (exact) mass is 311 g/mol. The number of likely N-dealkylation sites (tertiary alicyclic amines) is 1. The van der Waals surface area contributed by atoms with Crippen molar-refractivity contribution in [2.45, 2.75) is 39.2 Å². The second-order valence-corrected chi connectivity index (χ2v) is 6.49. The molecule has 1 saturated heterocycles. The number of piperidine rings is 1. The Balaban J connectivity index is 1.43. The number of nitrogens with zero attached hydrogens (tertiary/aromatic N) is 4. The summed E-state index contributed by atoms with van der Waals surface area (Å²) in [5, 5.41) is 7.83.